The molecule has 1 aromatic heterocycles. The molecule has 0 atom stereocenters. The SMILES string of the molecule is CCc1cnc(N2CCC(CCCOc3cc(F)c(CC(=O)N4CC(CCCC(O)(CO)CO)C4)c(F)c3)CC2)nc1. The molecule has 11 heteroatoms. The Kier molecular flexibility index (Phi) is 11.5. The second kappa shape index (κ2) is 15.0. The van der Waals surface area contributed by atoms with Crippen molar-refractivity contribution in [3.05, 3.63) is 47.3 Å². The van der Waals surface area contributed by atoms with Crippen molar-refractivity contribution in [3.8, 4) is 5.75 Å². The van der Waals surface area contributed by atoms with E-state index >= 15 is 0 Å². The Labute approximate surface area is 246 Å². The summed E-state index contributed by atoms with van der Waals surface area (Å²) < 4.78 is 35.1. The van der Waals surface area contributed by atoms with Crippen LogP contribution in [0.25, 0.3) is 0 Å². The molecule has 0 bridgehead atoms. The van der Waals surface area contributed by atoms with E-state index < -0.39 is 30.4 Å². The number of nitrogens with zero attached hydrogens (tertiary/aromatic N) is 4. The monoisotopic (exact) mass is 590 g/mol. The van der Waals surface area contributed by atoms with Crippen LogP contribution in [-0.2, 0) is 17.6 Å². The van der Waals surface area contributed by atoms with Crippen molar-refractivity contribution >= 4 is 11.9 Å². The first-order chi connectivity index (χ1) is 20.2. The minimum atomic E-state index is -1.49. The summed E-state index contributed by atoms with van der Waals surface area (Å²) in [6, 6.07) is 2.30. The topological polar surface area (TPSA) is 119 Å². The van der Waals surface area contributed by atoms with Gasteiger partial charge in [0.05, 0.1) is 26.2 Å². The number of hydrogen-bond acceptors (Lipinski definition) is 8. The number of carbonyl (C=O) groups is 1. The van der Waals surface area contributed by atoms with Gasteiger partial charge in [-0.05, 0) is 68.8 Å². The maximum atomic E-state index is 14.7. The molecular weight excluding hydrogens is 546 g/mol. The quantitative estimate of drug-likeness (QED) is 0.271. The van der Waals surface area contributed by atoms with E-state index in [0.717, 1.165) is 75.3 Å². The number of aromatic nitrogens is 2. The van der Waals surface area contributed by atoms with Gasteiger partial charge in [-0.1, -0.05) is 6.92 Å². The fourth-order valence-corrected chi connectivity index (χ4v) is 5.66. The average Bonchev–Trinajstić information content (AvgIpc) is 2.98. The van der Waals surface area contributed by atoms with Crippen molar-refractivity contribution in [2.45, 2.75) is 70.3 Å². The smallest absolute Gasteiger partial charge is 0.227 e. The molecule has 2 aliphatic rings. The highest BCUT2D eigenvalue weighted by Crippen LogP contribution is 2.28. The Balaban J connectivity index is 1.13. The average molecular weight is 591 g/mol. The molecule has 0 spiro atoms. The fourth-order valence-electron chi connectivity index (χ4n) is 5.66. The van der Waals surface area contributed by atoms with Gasteiger partial charge in [-0.2, -0.15) is 0 Å². The molecule has 0 radical (unpaired) electrons. The number of amides is 1. The number of benzene rings is 1. The maximum absolute atomic E-state index is 14.7. The summed E-state index contributed by atoms with van der Waals surface area (Å²) in [5.74, 6) is -0.225. The molecule has 2 aromatic rings. The minimum absolute atomic E-state index is 0.124. The number of ether oxygens (including phenoxy) is 1. The zero-order valence-corrected chi connectivity index (χ0v) is 24.5. The molecule has 4 rings (SSSR count). The predicted octanol–water partition coefficient (Wildman–Crippen LogP) is 3.28. The zero-order chi connectivity index (χ0) is 30.1. The van der Waals surface area contributed by atoms with Crippen molar-refractivity contribution in [3.63, 3.8) is 0 Å². The summed E-state index contributed by atoms with van der Waals surface area (Å²) in [5.41, 5.74) is -0.617. The van der Waals surface area contributed by atoms with Crippen molar-refractivity contribution in [1.29, 1.82) is 0 Å². The van der Waals surface area contributed by atoms with Crippen LogP contribution in [0.4, 0.5) is 14.7 Å². The highest BCUT2D eigenvalue weighted by molar-refractivity contribution is 5.79. The van der Waals surface area contributed by atoms with Crippen molar-refractivity contribution in [2.24, 2.45) is 11.8 Å². The summed E-state index contributed by atoms with van der Waals surface area (Å²) >= 11 is 0. The highest BCUT2D eigenvalue weighted by atomic mass is 19.1. The molecule has 3 heterocycles. The number of hydrogen-bond donors (Lipinski definition) is 3. The molecular formula is C31H44F2N4O5. The molecule has 2 fully saturated rings. The van der Waals surface area contributed by atoms with Crippen LogP contribution in [0.3, 0.4) is 0 Å². The number of aliphatic hydroxyl groups excluding tert-OH is 2. The van der Waals surface area contributed by atoms with Gasteiger partial charge in [-0.3, -0.25) is 4.79 Å². The van der Waals surface area contributed by atoms with Crippen LogP contribution in [0.1, 0.15) is 63.0 Å². The largest absolute Gasteiger partial charge is 0.493 e. The van der Waals surface area contributed by atoms with Gasteiger partial charge in [-0.25, -0.2) is 18.7 Å². The van der Waals surface area contributed by atoms with Gasteiger partial charge in [0.2, 0.25) is 11.9 Å². The molecule has 0 saturated carbocycles. The van der Waals surface area contributed by atoms with Gasteiger partial charge in [0, 0.05) is 56.3 Å². The standard InChI is InChI=1S/C31H44F2N4O5/c1-2-22-16-34-30(35-17-22)36-10-7-23(8-11-36)6-4-12-42-25-13-27(32)26(28(33)14-25)15-29(40)37-18-24(19-37)5-3-9-31(41,20-38)21-39/h13-14,16-17,23-24,38-39,41H,2-12,15,18-21H2,1H3. The fraction of sp³-hybridized carbons (Fsp3) is 0.645. The summed E-state index contributed by atoms with van der Waals surface area (Å²) in [4.78, 5) is 25.3. The number of carbonyl (C=O) groups excluding carboxylic acids is 1. The molecule has 2 aliphatic heterocycles. The lowest BCUT2D eigenvalue weighted by molar-refractivity contribution is -0.137. The summed E-state index contributed by atoms with van der Waals surface area (Å²) in [5, 5.41) is 28.2. The predicted molar refractivity (Wildman–Crippen MR) is 154 cm³/mol. The summed E-state index contributed by atoms with van der Waals surface area (Å²) in [6.45, 7) is 4.21. The number of aliphatic hydroxyl groups is 3. The van der Waals surface area contributed by atoms with Gasteiger partial charge < -0.3 is 29.9 Å². The molecule has 0 aliphatic carbocycles. The van der Waals surface area contributed by atoms with Crippen LogP contribution < -0.4 is 9.64 Å². The van der Waals surface area contributed by atoms with Crippen LogP contribution in [0.5, 0.6) is 5.75 Å². The Morgan fingerprint density at radius 2 is 1.64 bits per heavy atom. The molecule has 42 heavy (non-hydrogen) atoms. The normalized spacial score (nSPS) is 16.5. The Bertz CT molecular complexity index is 1130. The molecule has 0 unspecified atom stereocenters. The number of likely N-dealkylation sites (tertiary alicyclic amines) is 1. The van der Waals surface area contributed by atoms with Gasteiger partial charge in [0.25, 0.3) is 0 Å². The van der Waals surface area contributed by atoms with Crippen molar-refractivity contribution < 1.29 is 33.6 Å². The molecule has 1 aromatic carbocycles. The van der Waals surface area contributed by atoms with E-state index in [1.165, 1.54) is 0 Å². The minimum Gasteiger partial charge on any atom is -0.493 e. The third kappa shape index (κ3) is 8.58. The second-order valence-electron chi connectivity index (χ2n) is 11.8. The lowest BCUT2D eigenvalue weighted by Gasteiger charge is -2.40. The summed E-state index contributed by atoms with van der Waals surface area (Å²) in [6.07, 6.45) is 9.76. The van der Waals surface area contributed by atoms with E-state index in [1.807, 2.05) is 12.4 Å². The van der Waals surface area contributed by atoms with Crippen LogP contribution in [-0.4, -0.2) is 87.7 Å². The Hall–Kier alpha value is -2.89. The van der Waals surface area contributed by atoms with E-state index in [9.17, 15) is 18.7 Å². The molecule has 2 saturated heterocycles. The summed E-state index contributed by atoms with van der Waals surface area (Å²) in [7, 11) is 0. The second-order valence-corrected chi connectivity index (χ2v) is 11.8. The third-order valence-electron chi connectivity index (χ3n) is 8.62. The van der Waals surface area contributed by atoms with E-state index in [0.29, 0.717) is 32.0 Å². The van der Waals surface area contributed by atoms with E-state index in [2.05, 4.69) is 21.8 Å². The Morgan fingerprint density at radius 1 is 1.02 bits per heavy atom. The molecule has 232 valence electrons. The third-order valence-corrected chi connectivity index (χ3v) is 8.62. The van der Waals surface area contributed by atoms with Gasteiger partial charge in [0.1, 0.15) is 23.0 Å². The first kappa shape index (κ1) is 32.0. The highest BCUT2D eigenvalue weighted by Gasteiger charge is 2.32. The maximum Gasteiger partial charge on any atom is 0.227 e. The Morgan fingerprint density at radius 3 is 2.24 bits per heavy atom. The first-order valence-corrected chi connectivity index (χ1v) is 15.1. The molecule has 3 N–H and O–H groups in total. The first-order valence-electron chi connectivity index (χ1n) is 15.1. The number of anilines is 1. The number of halogens is 2. The molecule has 9 nitrogen and oxygen atoms in total. The lowest BCUT2D eigenvalue weighted by Crippen LogP contribution is -2.50. The van der Waals surface area contributed by atoms with Gasteiger partial charge in [0.15, 0.2) is 0 Å². The van der Waals surface area contributed by atoms with E-state index in [1.54, 1.807) is 4.90 Å². The van der Waals surface area contributed by atoms with Crippen LogP contribution in [0.15, 0.2) is 24.5 Å². The number of rotatable bonds is 15. The van der Waals surface area contributed by atoms with E-state index in [4.69, 9.17) is 14.9 Å². The van der Waals surface area contributed by atoms with Crippen molar-refractivity contribution in [2.75, 3.05) is 50.9 Å². The van der Waals surface area contributed by atoms with Crippen LogP contribution in [0.2, 0.25) is 0 Å². The van der Waals surface area contributed by atoms with Gasteiger partial charge >= 0.3 is 0 Å². The van der Waals surface area contributed by atoms with E-state index in [-0.39, 0.29) is 36.0 Å². The zero-order valence-electron chi connectivity index (χ0n) is 24.5. The number of piperidine rings is 1. The number of aryl methyl sites for hydroxylation is 1. The van der Waals surface area contributed by atoms with Crippen molar-refractivity contribution in [1.82, 2.24) is 14.9 Å². The lowest BCUT2D eigenvalue weighted by atomic mass is 9.90. The van der Waals surface area contributed by atoms with Crippen LogP contribution >= 0.6 is 0 Å². The van der Waals surface area contributed by atoms with Gasteiger partial charge in [-0.15, -0.1) is 0 Å². The van der Waals surface area contributed by atoms with Crippen LogP contribution in [0, 0.1) is 23.5 Å². The molecule has 1 amide bonds.